The number of hydrogen-bond acceptors (Lipinski definition) is 4. The number of halogens is 1. The van der Waals surface area contributed by atoms with Crippen molar-refractivity contribution in [1.82, 2.24) is 4.98 Å². The number of aromatic nitrogens is 1. The first-order valence-electron chi connectivity index (χ1n) is 6.66. The summed E-state index contributed by atoms with van der Waals surface area (Å²) in [6, 6.07) is 11.9. The zero-order chi connectivity index (χ0) is 15.5. The Morgan fingerprint density at radius 2 is 2.05 bits per heavy atom. The van der Waals surface area contributed by atoms with E-state index in [-0.39, 0.29) is 18.3 Å². The third kappa shape index (κ3) is 3.23. The van der Waals surface area contributed by atoms with Gasteiger partial charge in [0.15, 0.2) is 0 Å². The van der Waals surface area contributed by atoms with E-state index in [0.29, 0.717) is 22.0 Å². The van der Waals surface area contributed by atoms with Gasteiger partial charge in [0, 0.05) is 12.6 Å². The highest BCUT2D eigenvalue weighted by Crippen LogP contribution is 2.25. The van der Waals surface area contributed by atoms with Gasteiger partial charge < -0.3 is 10.1 Å². The van der Waals surface area contributed by atoms with Crippen molar-refractivity contribution < 1.29 is 13.9 Å². The number of thiazole rings is 1. The summed E-state index contributed by atoms with van der Waals surface area (Å²) in [5.74, 6) is 0.221. The molecule has 1 N–H and O–H groups in total. The van der Waals surface area contributed by atoms with Crippen LogP contribution in [0.15, 0.2) is 42.5 Å². The van der Waals surface area contributed by atoms with Crippen LogP contribution in [0.4, 0.5) is 10.1 Å². The maximum atomic E-state index is 13.6. The van der Waals surface area contributed by atoms with Crippen LogP contribution in [0.3, 0.4) is 0 Å². The summed E-state index contributed by atoms with van der Waals surface area (Å²) in [5.41, 5.74) is 1.09. The van der Waals surface area contributed by atoms with Crippen LogP contribution in [-0.2, 0) is 11.4 Å². The normalized spacial score (nSPS) is 10.6. The Bertz CT molecular complexity index is 815. The number of nitrogens with zero attached hydrogens (tertiary/aromatic N) is 1. The molecule has 3 aromatic rings. The van der Waals surface area contributed by atoms with Crippen LogP contribution in [0.2, 0.25) is 0 Å². The first-order valence-corrected chi connectivity index (χ1v) is 7.48. The lowest BCUT2D eigenvalue weighted by molar-refractivity contribution is -0.114. The SMILES string of the molecule is CC(=O)Nc1ccc(OCc2nc3c(F)cccc3s2)cc1. The van der Waals surface area contributed by atoms with Crippen LogP contribution in [0.1, 0.15) is 11.9 Å². The predicted molar refractivity (Wildman–Crippen MR) is 84.7 cm³/mol. The third-order valence-corrected chi connectivity index (χ3v) is 3.95. The molecule has 1 heterocycles. The molecular weight excluding hydrogens is 303 g/mol. The zero-order valence-electron chi connectivity index (χ0n) is 11.8. The second-order valence-corrected chi connectivity index (χ2v) is 5.80. The molecular formula is C16H13FN2O2S. The summed E-state index contributed by atoms with van der Waals surface area (Å²) in [6.07, 6.45) is 0. The van der Waals surface area contributed by atoms with Gasteiger partial charge in [0.2, 0.25) is 5.91 Å². The van der Waals surface area contributed by atoms with Gasteiger partial charge in [-0.2, -0.15) is 0 Å². The number of fused-ring (bicyclic) bond motifs is 1. The Balaban J connectivity index is 1.68. The van der Waals surface area contributed by atoms with Crippen LogP contribution in [-0.4, -0.2) is 10.9 Å². The molecule has 0 spiro atoms. The van der Waals surface area contributed by atoms with Gasteiger partial charge in [-0.3, -0.25) is 4.79 Å². The van der Waals surface area contributed by atoms with E-state index in [1.165, 1.54) is 24.3 Å². The summed E-state index contributed by atoms with van der Waals surface area (Å²) < 4.78 is 20.0. The van der Waals surface area contributed by atoms with Crippen molar-refractivity contribution in [3.63, 3.8) is 0 Å². The molecule has 0 aliphatic heterocycles. The van der Waals surface area contributed by atoms with E-state index in [0.717, 1.165) is 4.70 Å². The molecule has 0 saturated heterocycles. The predicted octanol–water partition coefficient (Wildman–Crippen LogP) is 3.97. The van der Waals surface area contributed by atoms with Crippen molar-refractivity contribution in [3.05, 3.63) is 53.3 Å². The molecule has 1 amide bonds. The number of amides is 1. The Labute approximate surface area is 130 Å². The summed E-state index contributed by atoms with van der Waals surface area (Å²) in [4.78, 5) is 15.2. The number of benzene rings is 2. The number of carbonyl (C=O) groups excluding carboxylic acids is 1. The highest BCUT2D eigenvalue weighted by Gasteiger charge is 2.08. The minimum Gasteiger partial charge on any atom is -0.486 e. The molecule has 0 radical (unpaired) electrons. The molecule has 0 unspecified atom stereocenters. The number of anilines is 1. The Morgan fingerprint density at radius 3 is 2.73 bits per heavy atom. The molecule has 6 heteroatoms. The molecule has 2 aromatic carbocycles. The summed E-state index contributed by atoms with van der Waals surface area (Å²) in [5, 5.41) is 3.40. The molecule has 0 aliphatic carbocycles. The van der Waals surface area contributed by atoms with Crippen LogP contribution in [0.5, 0.6) is 5.75 Å². The average molecular weight is 316 g/mol. The number of carbonyl (C=O) groups is 1. The van der Waals surface area contributed by atoms with Gasteiger partial charge in [-0.1, -0.05) is 6.07 Å². The first-order chi connectivity index (χ1) is 10.6. The van der Waals surface area contributed by atoms with E-state index in [1.807, 2.05) is 6.07 Å². The Hall–Kier alpha value is -2.47. The summed E-state index contributed by atoms with van der Waals surface area (Å²) >= 11 is 1.41. The van der Waals surface area contributed by atoms with E-state index in [9.17, 15) is 9.18 Å². The zero-order valence-corrected chi connectivity index (χ0v) is 12.6. The molecule has 1 aromatic heterocycles. The third-order valence-electron chi connectivity index (χ3n) is 2.95. The maximum Gasteiger partial charge on any atom is 0.221 e. The topological polar surface area (TPSA) is 51.2 Å². The van der Waals surface area contributed by atoms with Gasteiger partial charge in [-0.05, 0) is 36.4 Å². The fourth-order valence-corrected chi connectivity index (χ4v) is 2.90. The van der Waals surface area contributed by atoms with Gasteiger partial charge >= 0.3 is 0 Å². The lowest BCUT2D eigenvalue weighted by atomic mass is 10.3. The second kappa shape index (κ2) is 6.11. The molecule has 0 bridgehead atoms. The van der Waals surface area contributed by atoms with E-state index in [2.05, 4.69) is 10.3 Å². The van der Waals surface area contributed by atoms with Crippen molar-refractivity contribution in [2.75, 3.05) is 5.32 Å². The minimum atomic E-state index is -0.320. The fraction of sp³-hybridized carbons (Fsp3) is 0.125. The molecule has 4 nitrogen and oxygen atoms in total. The molecule has 0 fully saturated rings. The maximum absolute atomic E-state index is 13.6. The Morgan fingerprint density at radius 1 is 1.27 bits per heavy atom. The van der Waals surface area contributed by atoms with Crippen molar-refractivity contribution in [1.29, 1.82) is 0 Å². The molecule has 0 saturated carbocycles. The molecule has 112 valence electrons. The molecule has 0 atom stereocenters. The van der Waals surface area contributed by atoms with E-state index >= 15 is 0 Å². The van der Waals surface area contributed by atoms with E-state index < -0.39 is 0 Å². The number of rotatable bonds is 4. The van der Waals surface area contributed by atoms with Crippen molar-refractivity contribution >= 4 is 33.1 Å². The fourth-order valence-electron chi connectivity index (χ4n) is 2.01. The standard InChI is InChI=1S/C16H13FN2O2S/c1-10(20)18-11-5-7-12(8-6-11)21-9-15-19-16-13(17)3-2-4-14(16)22-15/h2-8H,9H2,1H3,(H,18,20). The van der Waals surface area contributed by atoms with Crippen molar-refractivity contribution in [3.8, 4) is 5.75 Å². The average Bonchev–Trinajstić information content (AvgIpc) is 2.90. The largest absolute Gasteiger partial charge is 0.486 e. The highest BCUT2D eigenvalue weighted by atomic mass is 32.1. The molecule has 3 rings (SSSR count). The summed E-state index contributed by atoms with van der Waals surface area (Å²) in [7, 11) is 0. The van der Waals surface area contributed by atoms with Crippen LogP contribution in [0.25, 0.3) is 10.2 Å². The van der Waals surface area contributed by atoms with Gasteiger partial charge in [-0.15, -0.1) is 11.3 Å². The van der Waals surface area contributed by atoms with Crippen LogP contribution >= 0.6 is 11.3 Å². The van der Waals surface area contributed by atoms with E-state index in [4.69, 9.17) is 4.74 Å². The summed E-state index contributed by atoms with van der Waals surface area (Å²) in [6.45, 7) is 1.73. The van der Waals surface area contributed by atoms with Gasteiger partial charge in [0.25, 0.3) is 0 Å². The first kappa shape index (κ1) is 14.5. The monoisotopic (exact) mass is 316 g/mol. The van der Waals surface area contributed by atoms with Gasteiger partial charge in [0.1, 0.15) is 28.7 Å². The smallest absolute Gasteiger partial charge is 0.221 e. The number of hydrogen-bond donors (Lipinski definition) is 1. The van der Waals surface area contributed by atoms with Gasteiger partial charge in [0.05, 0.1) is 4.70 Å². The number of ether oxygens (including phenoxy) is 1. The van der Waals surface area contributed by atoms with Crippen LogP contribution in [0, 0.1) is 5.82 Å². The molecule has 0 aliphatic rings. The minimum absolute atomic E-state index is 0.120. The lowest BCUT2D eigenvalue weighted by Gasteiger charge is -2.05. The van der Waals surface area contributed by atoms with Gasteiger partial charge in [-0.25, -0.2) is 9.37 Å². The van der Waals surface area contributed by atoms with Crippen molar-refractivity contribution in [2.24, 2.45) is 0 Å². The lowest BCUT2D eigenvalue weighted by Crippen LogP contribution is -2.05. The molecule has 22 heavy (non-hydrogen) atoms. The van der Waals surface area contributed by atoms with Crippen molar-refractivity contribution in [2.45, 2.75) is 13.5 Å². The second-order valence-electron chi connectivity index (χ2n) is 4.69. The number of nitrogens with one attached hydrogen (secondary N) is 1. The quantitative estimate of drug-likeness (QED) is 0.792. The Kier molecular flexibility index (Phi) is 4.02. The number of para-hydroxylation sites is 1. The van der Waals surface area contributed by atoms with Crippen LogP contribution < -0.4 is 10.1 Å². The highest BCUT2D eigenvalue weighted by molar-refractivity contribution is 7.18. The van der Waals surface area contributed by atoms with E-state index in [1.54, 1.807) is 30.3 Å².